The molecule has 0 saturated carbocycles. The molecule has 1 aromatic carbocycles. The summed E-state index contributed by atoms with van der Waals surface area (Å²) in [6.45, 7) is 2.78. The van der Waals surface area contributed by atoms with Crippen LogP contribution in [0.4, 0.5) is 0 Å². The average Bonchev–Trinajstić information content (AvgIpc) is 3.14. The summed E-state index contributed by atoms with van der Waals surface area (Å²) in [5.74, 6) is -1.56. The maximum atomic E-state index is 12.4. The molecule has 28 heavy (non-hydrogen) atoms. The van der Waals surface area contributed by atoms with Crippen LogP contribution in [-0.2, 0) is 29.9 Å². The minimum absolute atomic E-state index is 0.0624. The lowest BCUT2D eigenvalue weighted by Crippen LogP contribution is -2.46. The molecule has 9 heteroatoms. The molecule has 0 radical (unpaired) electrons. The van der Waals surface area contributed by atoms with E-state index in [1.807, 2.05) is 6.92 Å². The van der Waals surface area contributed by atoms with Gasteiger partial charge in [0.2, 0.25) is 5.76 Å². The highest BCUT2D eigenvalue weighted by atomic mass is 32.2. The zero-order valence-corrected chi connectivity index (χ0v) is 16.2. The smallest absolute Gasteiger partial charge is 0.374 e. The summed E-state index contributed by atoms with van der Waals surface area (Å²) in [5.41, 5.74) is 0. The zero-order chi connectivity index (χ0) is 20.1. The highest BCUT2D eigenvalue weighted by molar-refractivity contribution is 7.90. The lowest BCUT2D eigenvalue weighted by molar-refractivity contribution is -0.141. The van der Waals surface area contributed by atoms with Crippen LogP contribution in [0.15, 0.2) is 51.8 Å². The Morgan fingerprint density at radius 2 is 1.93 bits per heavy atom. The summed E-state index contributed by atoms with van der Waals surface area (Å²) in [5, 5.41) is 0. The maximum Gasteiger partial charge on any atom is 0.374 e. The third kappa shape index (κ3) is 4.99. The van der Waals surface area contributed by atoms with Crippen LogP contribution < -0.4 is 0 Å². The molecule has 1 unspecified atom stereocenters. The van der Waals surface area contributed by atoms with Crippen molar-refractivity contribution in [3.05, 3.63) is 54.0 Å². The zero-order valence-electron chi connectivity index (χ0n) is 15.4. The van der Waals surface area contributed by atoms with Crippen molar-refractivity contribution in [1.29, 1.82) is 0 Å². The standard InChI is InChI=1S/C19H21NO7S/c1-14-11-20(9-10-25-14)18(21)12-26-19(22)17-8-7-15(27-17)13-28(23,24)16-5-3-2-4-6-16/h2-8,14H,9-13H2,1H3. The van der Waals surface area contributed by atoms with Crippen molar-refractivity contribution in [1.82, 2.24) is 4.90 Å². The summed E-state index contributed by atoms with van der Waals surface area (Å²) >= 11 is 0. The second kappa shape index (κ2) is 8.57. The van der Waals surface area contributed by atoms with Gasteiger partial charge in [0.05, 0.1) is 17.6 Å². The monoisotopic (exact) mass is 407 g/mol. The van der Waals surface area contributed by atoms with Crippen molar-refractivity contribution >= 4 is 21.7 Å². The molecule has 0 aliphatic carbocycles. The Hall–Kier alpha value is -2.65. The van der Waals surface area contributed by atoms with E-state index in [9.17, 15) is 18.0 Å². The van der Waals surface area contributed by atoms with Crippen molar-refractivity contribution in [2.75, 3.05) is 26.3 Å². The molecule has 150 valence electrons. The van der Waals surface area contributed by atoms with Gasteiger partial charge >= 0.3 is 5.97 Å². The number of nitrogens with zero attached hydrogens (tertiary/aromatic N) is 1. The summed E-state index contributed by atoms with van der Waals surface area (Å²) in [7, 11) is -3.59. The van der Waals surface area contributed by atoms with E-state index in [1.165, 1.54) is 24.3 Å². The van der Waals surface area contributed by atoms with Gasteiger partial charge in [-0.1, -0.05) is 18.2 Å². The topological polar surface area (TPSA) is 103 Å². The van der Waals surface area contributed by atoms with Crippen molar-refractivity contribution < 1.29 is 31.9 Å². The van der Waals surface area contributed by atoms with Crippen LogP contribution in [0.25, 0.3) is 0 Å². The van der Waals surface area contributed by atoms with Gasteiger partial charge < -0.3 is 18.8 Å². The molecule has 8 nitrogen and oxygen atoms in total. The Morgan fingerprint density at radius 3 is 2.64 bits per heavy atom. The van der Waals surface area contributed by atoms with Gasteiger partial charge in [-0.25, -0.2) is 13.2 Å². The van der Waals surface area contributed by atoms with Gasteiger partial charge in [0.25, 0.3) is 5.91 Å². The molecule has 1 saturated heterocycles. The number of carbonyl (C=O) groups is 2. The van der Waals surface area contributed by atoms with E-state index < -0.39 is 22.4 Å². The predicted octanol–water partition coefficient (Wildman–Crippen LogP) is 1.66. The molecular weight excluding hydrogens is 386 g/mol. The second-order valence-corrected chi connectivity index (χ2v) is 8.42. The van der Waals surface area contributed by atoms with Gasteiger partial charge in [-0.15, -0.1) is 0 Å². The highest BCUT2D eigenvalue weighted by Gasteiger charge is 2.24. The fourth-order valence-corrected chi connectivity index (χ4v) is 4.07. The van der Waals surface area contributed by atoms with Crippen molar-refractivity contribution in [2.24, 2.45) is 0 Å². The number of ether oxygens (including phenoxy) is 2. The fraction of sp³-hybridized carbons (Fsp3) is 0.368. The Balaban J connectivity index is 1.56. The first-order valence-corrected chi connectivity index (χ1v) is 10.4. The molecule has 0 spiro atoms. The lowest BCUT2D eigenvalue weighted by Gasteiger charge is -2.30. The summed E-state index contributed by atoms with van der Waals surface area (Å²) in [6.07, 6.45) is -0.0624. The van der Waals surface area contributed by atoms with Crippen LogP contribution in [0, 0.1) is 0 Å². The van der Waals surface area contributed by atoms with E-state index in [2.05, 4.69) is 0 Å². The number of carbonyl (C=O) groups excluding carboxylic acids is 2. The minimum atomic E-state index is -3.59. The number of rotatable bonds is 6. The quantitative estimate of drug-likeness (QED) is 0.671. The molecule has 3 rings (SSSR count). The third-order valence-corrected chi connectivity index (χ3v) is 5.87. The molecular formula is C19H21NO7S. The van der Waals surface area contributed by atoms with E-state index >= 15 is 0 Å². The largest absolute Gasteiger partial charge is 0.453 e. The summed E-state index contributed by atoms with van der Waals surface area (Å²) in [4.78, 5) is 25.9. The third-order valence-electron chi connectivity index (χ3n) is 4.22. The van der Waals surface area contributed by atoms with Crippen molar-refractivity contribution in [3.8, 4) is 0 Å². The van der Waals surface area contributed by atoms with Crippen LogP contribution in [0.5, 0.6) is 0 Å². The van der Waals surface area contributed by atoms with Crippen molar-refractivity contribution in [3.63, 3.8) is 0 Å². The number of furan rings is 1. The lowest BCUT2D eigenvalue weighted by atomic mass is 10.3. The van der Waals surface area contributed by atoms with Crippen LogP contribution in [0.1, 0.15) is 23.2 Å². The molecule has 1 amide bonds. The molecule has 1 aromatic heterocycles. The Labute approximate surface area is 162 Å². The van der Waals surface area contributed by atoms with E-state index in [4.69, 9.17) is 13.9 Å². The van der Waals surface area contributed by atoms with Gasteiger partial charge in [0.1, 0.15) is 11.5 Å². The maximum absolute atomic E-state index is 12.4. The Kier molecular flexibility index (Phi) is 6.15. The summed E-state index contributed by atoms with van der Waals surface area (Å²) < 4.78 is 40.4. The fourth-order valence-electron chi connectivity index (χ4n) is 2.80. The van der Waals surface area contributed by atoms with Gasteiger partial charge in [-0.2, -0.15) is 0 Å². The molecule has 2 heterocycles. The molecule has 1 atom stereocenters. The van der Waals surface area contributed by atoms with Gasteiger partial charge in [0, 0.05) is 13.1 Å². The van der Waals surface area contributed by atoms with E-state index in [0.29, 0.717) is 19.7 Å². The molecule has 1 aliphatic heterocycles. The van der Waals surface area contributed by atoms with Gasteiger partial charge in [-0.05, 0) is 31.2 Å². The number of morpholine rings is 1. The molecule has 0 bridgehead atoms. The number of hydrogen-bond donors (Lipinski definition) is 0. The Morgan fingerprint density at radius 1 is 1.18 bits per heavy atom. The SMILES string of the molecule is CC1CN(C(=O)COC(=O)c2ccc(CS(=O)(=O)c3ccccc3)o2)CCO1. The van der Waals surface area contributed by atoms with Crippen molar-refractivity contribution in [2.45, 2.75) is 23.7 Å². The van der Waals surface area contributed by atoms with Gasteiger partial charge in [0.15, 0.2) is 16.4 Å². The van der Waals surface area contributed by atoms with Gasteiger partial charge in [-0.3, -0.25) is 4.79 Å². The van der Waals surface area contributed by atoms with Crippen LogP contribution >= 0.6 is 0 Å². The second-order valence-electron chi connectivity index (χ2n) is 6.44. The highest BCUT2D eigenvalue weighted by Crippen LogP contribution is 2.18. The average molecular weight is 407 g/mol. The first kappa shape index (κ1) is 20.1. The number of sulfone groups is 1. The normalized spacial score (nSPS) is 17.3. The van der Waals surface area contributed by atoms with Crippen LogP contribution in [0.2, 0.25) is 0 Å². The summed E-state index contributed by atoms with van der Waals surface area (Å²) in [6, 6.07) is 10.7. The van der Waals surface area contributed by atoms with E-state index in [-0.39, 0.29) is 34.2 Å². The Bertz CT molecular complexity index is 936. The van der Waals surface area contributed by atoms with E-state index in [0.717, 1.165) is 0 Å². The number of hydrogen-bond acceptors (Lipinski definition) is 7. The molecule has 1 aliphatic rings. The van der Waals surface area contributed by atoms with Crippen LogP contribution in [-0.4, -0.2) is 57.6 Å². The van der Waals surface area contributed by atoms with E-state index in [1.54, 1.807) is 23.1 Å². The first-order chi connectivity index (χ1) is 13.3. The predicted molar refractivity (Wildman–Crippen MR) is 98.3 cm³/mol. The number of esters is 1. The number of benzene rings is 1. The minimum Gasteiger partial charge on any atom is -0.453 e. The first-order valence-electron chi connectivity index (χ1n) is 8.78. The number of amides is 1. The molecule has 0 N–H and O–H groups in total. The van der Waals surface area contributed by atoms with Crippen LogP contribution in [0.3, 0.4) is 0 Å². The molecule has 1 fully saturated rings. The molecule has 2 aromatic rings.